The van der Waals surface area contributed by atoms with Crippen molar-refractivity contribution in [3.63, 3.8) is 0 Å². The van der Waals surface area contributed by atoms with E-state index in [0.29, 0.717) is 63.1 Å². The third-order valence-corrected chi connectivity index (χ3v) is 14.7. The lowest BCUT2D eigenvalue weighted by molar-refractivity contribution is -0.142. The summed E-state index contributed by atoms with van der Waals surface area (Å²) in [6, 6.07) is 56.6. The molecule has 0 amide bonds. The summed E-state index contributed by atoms with van der Waals surface area (Å²) in [6.07, 6.45) is 1.01. The quantitative estimate of drug-likeness (QED) is 0.0368. The first-order valence-electron chi connectivity index (χ1n) is 28.5. The summed E-state index contributed by atoms with van der Waals surface area (Å²) in [5.41, 5.74) is 6.36. The van der Waals surface area contributed by atoms with Crippen molar-refractivity contribution >= 4 is 58.6 Å². The number of ether oxygens (including phenoxy) is 4. The van der Waals surface area contributed by atoms with Gasteiger partial charge in [-0.15, -0.1) is 0 Å². The second kappa shape index (κ2) is 34.9. The summed E-state index contributed by atoms with van der Waals surface area (Å²) in [5.74, 6) is -5.81. The van der Waals surface area contributed by atoms with Gasteiger partial charge in [-0.3, -0.25) is 38.4 Å². The first-order valence-corrected chi connectivity index (χ1v) is 28.9. The third kappa shape index (κ3) is 22.5. The number of Topliss-reactive ketones (excluding diaryl/α,β-unsaturated/α-hetero) is 4. The van der Waals surface area contributed by atoms with E-state index in [0.717, 1.165) is 27.8 Å². The van der Waals surface area contributed by atoms with Gasteiger partial charge >= 0.3 is 23.9 Å². The average Bonchev–Trinajstić information content (AvgIpc) is 2.14. The number of hydrogen-bond donors (Lipinski definition) is 4. The van der Waals surface area contributed by atoms with Crippen LogP contribution < -0.4 is 18.9 Å². The largest absolute Gasteiger partial charge is 0.497 e. The van der Waals surface area contributed by atoms with Gasteiger partial charge in [0, 0.05) is 53.0 Å². The van der Waals surface area contributed by atoms with Crippen LogP contribution in [0.3, 0.4) is 0 Å². The van der Waals surface area contributed by atoms with Crippen LogP contribution in [0.4, 0.5) is 4.39 Å². The molecule has 4 atom stereocenters. The number of aryl methyl sites for hydroxylation is 1. The lowest BCUT2D eigenvalue weighted by Gasteiger charge is -2.12. The molecule has 0 aliphatic carbocycles. The Morgan fingerprint density at radius 2 is 0.722 bits per heavy atom. The number of ketones is 4. The number of aliphatic carboxylic acids is 4. The maximum Gasteiger partial charge on any atom is 0.307 e. The molecule has 90 heavy (non-hydrogen) atoms. The molecule has 0 spiro atoms. The standard InChI is InChI=1S/C18H17ClO4.C18H17FO4.C18H16O5.C18H18O3/c1-23-16-8-4-13(5-9-16)17(20)11-14(18(21)22)10-12-2-6-15(19)7-3-12;1-23-16-8-2-12(3-9-16)10-14(18(21)22)11-17(20)13-4-6-15(19)7-5-13;19-15(13-6-7-16-17(10-13)23-11-22-16)9-14(18(20)21)8-12-4-2-1-3-5-12;1-13-7-9-15(10-8-13)17(19)12-16(18(20)21)11-14-5-3-2-4-6-14/h2*2-9,14H,10-11H2,1H3,(H,21,22);1-7,10,14H,8-9,11H2,(H,20,21);2-10,16H,11-12H2,1H3,(H,20,21). The van der Waals surface area contributed by atoms with E-state index in [1.807, 2.05) is 79.7 Å². The molecule has 8 aromatic rings. The van der Waals surface area contributed by atoms with Crippen molar-refractivity contribution in [3.8, 4) is 23.0 Å². The number of benzene rings is 8. The number of rotatable bonds is 26. The average molecular weight is 1240 g/mol. The molecule has 18 heteroatoms. The Morgan fingerprint density at radius 3 is 1.10 bits per heavy atom. The summed E-state index contributed by atoms with van der Waals surface area (Å²) in [5, 5.41) is 38.0. The van der Waals surface area contributed by atoms with E-state index in [4.69, 9.17) is 30.5 Å². The summed E-state index contributed by atoms with van der Waals surface area (Å²) in [6.45, 7) is 2.09. The number of fused-ring (bicyclic) bond motifs is 1. The number of carbonyl (C=O) groups is 8. The van der Waals surface area contributed by atoms with Gasteiger partial charge in [0.1, 0.15) is 17.3 Å². The molecule has 0 bridgehead atoms. The monoisotopic (exact) mass is 1240 g/mol. The number of carbonyl (C=O) groups excluding carboxylic acids is 4. The molecular formula is C72H68ClFO16. The van der Waals surface area contributed by atoms with Gasteiger partial charge in [-0.05, 0) is 146 Å². The lowest BCUT2D eigenvalue weighted by atomic mass is 9.92. The molecule has 1 aliphatic heterocycles. The van der Waals surface area contributed by atoms with Crippen molar-refractivity contribution in [1.29, 1.82) is 0 Å². The summed E-state index contributed by atoms with van der Waals surface area (Å²) in [4.78, 5) is 94.7. The van der Waals surface area contributed by atoms with Gasteiger partial charge in [-0.2, -0.15) is 0 Å². The Balaban J connectivity index is 0.000000191. The van der Waals surface area contributed by atoms with E-state index < -0.39 is 53.4 Å². The molecule has 0 saturated heterocycles. The van der Waals surface area contributed by atoms with E-state index >= 15 is 0 Å². The van der Waals surface area contributed by atoms with Gasteiger partial charge in [-0.25, -0.2) is 4.39 Å². The van der Waals surface area contributed by atoms with E-state index in [2.05, 4.69) is 0 Å². The Bertz CT molecular complexity index is 3670. The van der Waals surface area contributed by atoms with E-state index in [-0.39, 0.29) is 68.5 Å². The van der Waals surface area contributed by atoms with Crippen LogP contribution in [0.1, 0.15) is 94.9 Å². The van der Waals surface area contributed by atoms with Crippen LogP contribution in [0, 0.1) is 36.4 Å². The van der Waals surface area contributed by atoms with Gasteiger partial charge in [-0.1, -0.05) is 126 Å². The van der Waals surface area contributed by atoms with Crippen LogP contribution in [0.25, 0.3) is 0 Å². The Hall–Kier alpha value is -10.3. The molecule has 0 fully saturated rings. The highest BCUT2D eigenvalue weighted by Gasteiger charge is 2.27. The minimum Gasteiger partial charge on any atom is -0.497 e. The predicted octanol–water partition coefficient (Wildman–Crippen LogP) is 13.7. The smallest absolute Gasteiger partial charge is 0.307 e. The normalized spacial score (nSPS) is 12.2. The van der Waals surface area contributed by atoms with Crippen LogP contribution in [0.5, 0.6) is 23.0 Å². The molecule has 1 heterocycles. The Labute approximate surface area is 525 Å². The highest BCUT2D eigenvalue weighted by Crippen LogP contribution is 2.33. The summed E-state index contributed by atoms with van der Waals surface area (Å²) in [7, 11) is 3.10. The zero-order valence-electron chi connectivity index (χ0n) is 49.7. The first kappa shape index (κ1) is 68.8. The molecule has 1 aliphatic rings. The molecule has 16 nitrogen and oxygen atoms in total. The molecule has 466 valence electrons. The second-order valence-electron chi connectivity index (χ2n) is 21.1. The second-order valence-corrected chi connectivity index (χ2v) is 21.5. The molecule has 0 radical (unpaired) electrons. The maximum atomic E-state index is 12.9. The topological polar surface area (TPSA) is 254 Å². The first-order chi connectivity index (χ1) is 43.2. The lowest BCUT2D eigenvalue weighted by Crippen LogP contribution is -2.20. The minimum absolute atomic E-state index is 0.0211. The summed E-state index contributed by atoms with van der Waals surface area (Å²) >= 11 is 5.82. The number of hydrogen-bond acceptors (Lipinski definition) is 12. The highest BCUT2D eigenvalue weighted by atomic mass is 35.5. The van der Waals surface area contributed by atoms with E-state index in [1.54, 1.807) is 117 Å². The number of halogens is 2. The van der Waals surface area contributed by atoms with Crippen LogP contribution in [0.2, 0.25) is 5.02 Å². The van der Waals surface area contributed by atoms with Crippen molar-refractivity contribution in [2.75, 3.05) is 21.0 Å². The number of methoxy groups -OCH3 is 2. The maximum absolute atomic E-state index is 12.9. The minimum atomic E-state index is -1.03. The van der Waals surface area contributed by atoms with Gasteiger partial charge in [0.15, 0.2) is 34.6 Å². The molecular weight excluding hydrogens is 1180 g/mol. The molecule has 4 unspecified atom stereocenters. The Morgan fingerprint density at radius 1 is 0.411 bits per heavy atom. The van der Waals surface area contributed by atoms with E-state index in [9.17, 15) is 63.2 Å². The van der Waals surface area contributed by atoms with Crippen LogP contribution >= 0.6 is 11.6 Å². The number of carboxylic acids is 4. The van der Waals surface area contributed by atoms with Crippen molar-refractivity contribution in [3.05, 3.63) is 261 Å². The van der Waals surface area contributed by atoms with Crippen molar-refractivity contribution in [2.45, 2.75) is 58.3 Å². The molecule has 0 aromatic heterocycles. The van der Waals surface area contributed by atoms with Gasteiger partial charge < -0.3 is 39.4 Å². The number of carboxylic acid groups (broad SMARTS) is 4. The molecule has 9 rings (SSSR count). The van der Waals surface area contributed by atoms with Crippen molar-refractivity contribution < 1.29 is 82.1 Å². The van der Waals surface area contributed by atoms with Gasteiger partial charge in [0.2, 0.25) is 6.79 Å². The molecule has 4 N–H and O–H groups in total. The van der Waals surface area contributed by atoms with Crippen LogP contribution in [-0.2, 0) is 44.9 Å². The SMILES string of the molecule is COc1ccc(C(=O)CC(Cc2ccc(Cl)cc2)C(=O)O)cc1.COc1ccc(CC(CC(=O)c2ccc(F)cc2)C(=O)O)cc1.Cc1ccc(C(=O)CC(Cc2ccccc2)C(=O)O)cc1.O=C(CC(Cc1ccccc1)C(=O)O)c1ccc2c(c1)OCO2. The van der Waals surface area contributed by atoms with Gasteiger partial charge in [0.05, 0.1) is 37.9 Å². The molecule has 0 saturated carbocycles. The Kier molecular flexibility index (Phi) is 26.7. The predicted molar refractivity (Wildman–Crippen MR) is 336 cm³/mol. The van der Waals surface area contributed by atoms with E-state index in [1.165, 1.54) is 24.3 Å². The fourth-order valence-corrected chi connectivity index (χ4v) is 9.45. The zero-order valence-corrected chi connectivity index (χ0v) is 50.4. The highest BCUT2D eigenvalue weighted by molar-refractivity contribution is 6.30. The zero-order chi connectivity index (χ0) is 65.1. The van der Waals surface area contributed by atoms with Crippen molar-refractivity contribution in [1.82, 2.24) is 0 Å². The fraction of sp³-hybridized carbons (Fsp3) is 0.222. The van der Waals surface area contributed by atoms with Crippen LogP contribution in [0.15, 0.2) is 200 Å². The molecule has 8 aromatic carbocycles. The summed E-state index contributed by atoms with van der Waals surface area (Å²) < 4.78 is 33.4. The van der Waals surface area contributed by atoms with Crippen molar-refractivity contribution in [2.24, 2.45) is 23.7 Å². The van der Waals surface area contributed by atoms with Gasteiger partial charge in [0.25, 0.3) is 0 Å². The van der Waals surface area contributed by atoms with Crippen LogP contribution in [-0.4, -0.2) is 88.4 Å². The fourth-order valence-electron chi connectivity index (χ4n) is 9.32. The third-order valence-electron chi connectivity index (χ3n) is 14.5.